The molecule has 1 aliphatic heterocycles. The van der Waals surface area contributed by atoms with Gasteiger partial charge in [0, 0.05) is 6.54 Å². The van der Waals surface area contributed by atoms with Crippen LogP contribution in [0.3, 0.4) is 0 Å². The van der Waals surface area contributed by atoms with Crippen molar-refractivity contribution in [3.05, 3.63) is 71.8 Å². The van der Waals surface area contributed by atoms with E-state index in [1.165, 1.54) is 0 Å². The van der Waals surface area contributed by atoms with Gasteiger partial charge in [0.15, 0.2) is 0 Å². The summed E-state index contributed by atoms with van der Waals surface area (Å²) in [6.07, 6.45) is 0.886. The Morgan fingerprint density at radius 3 is 2.28 bits per heavy atom. The Kier molecular flexibility index (Phi) is 6.97. The second kappa shape index (κ2) is 9.84. The molecule has 2 aromatic rings. The highest BCUT2D eigenvalue weighted by Crippen LogP contribution is 2.12. The summed E-state index contributed by atoms with van der Waals surface area (Å²) in [4.78, 5) is 38.2. The molecule has 7 heteroatoms. The zero-order valence-electron chi connectivity index (χ0n) is 16.1. The number of aliphatic hydroxyl groups excluding tert-OH is 1. The first-order valence-corrected chi connectivity index (χ1v) is 9.66. The van der Waals surface area contributed by atoms with Crippen LogP contribution in [-0.4, -0.2) is 53.1 Å². The van der Waals surface area contributed by atoms with Crippen LogP contribution in [-0.2, 0) is 22.4 Å². The molecule has 0 aliphatic carbocycles. The standard InChI is InChI=1S/C22H25N3O4/c26-15-18(13-17-9-5-2-6-10-17)23-20(27)14-19-21(28)25(22(29)24-19)12-11-16-7-3-1-4-8-16/h1-10,18-19,26H,11-15H2,(H,23,27)(H,24,29)/t18-,19?/m0/s1. The van der Waals surface area contributed by atoms with Gasteiger partial charge in [-0.3, -0.25) is 14.5 Å². The van der Waals surface area contributed by atoms with Gasteiger partial charge in [-0.15, -0.1) is 0 Å². The maximum absolute atomic E-state index is 12.5. The van der Waals surface area contributed by atoms with E-state index in [-0.39, 0.29) is 25.5 Å². The molecule has 0 saturated carbocycles. The van der Waals surface area contributed by atoms with E-state index in [0.29, 0.717) is 12.8 Å². The monoisotopic (exact) mass is 395 g/mol. The van der Waals surface area contributed by atoms with Crippen molar-refractivity contribution >= 4 is 17.8 Å². The molecule has 1 fully saturated rings. The molecule has 0 aromatic heterocycles. The van der Waals surface area contributed by atoms with Crippen LogP contribution < -0.4 is 10.6 Å². The van der Waals surface area contributed by atoms with Crippen molar-refractivity contribution in [3.8, 4) is 0 Å². The van der Waals surface area contributed by atoms with Crippen LogP contribution in [0.2, 0.25) is 0 Å². The van der Waals surface area contributed by atoms with Gasteiger partial charge in [0.05, 0.1) is 19.1 Å². The van der Waals surface area contributed by atoms with Crippen LogP contribution in [0.15, 0.2) is 60.7 Å². The number of carbonyl (C=O) groups is 3. The van der Waals surface area contributed by atoms with E-state index < -0.39 is 24.0 Å². The predicted molar refractivity (Wildman–Crippen MR) is 108 cm³/mol. The summed E-state index contributed by atoms with van der Waals surface area (Å²) in [5.41, 5.74) is 2.02. The quantitative estimate of drug-likeness (QED) is 0.557. The molecule has 1 unspecified atom stereocenters. The van der Waals surface area contributed by atoms with Crippen molar-refractivity contribution in [1.82, 2.24) is 15.5 Å². The fraction of sp³-hybridized carbons (Fsp3) is 0.318. The van der Waals surface area contributed by atoms with Gasteiger partial charge in [0.1, 0.15) is 6.04 Å². The highest BCUT2D eigenvalue weighted by Gasteiger charge is 2.38. The average molecular weight is 395 g/mol. The Balaban J connectivity index is 1.50. The Morgan fingerprint density at radius 2 is 1.66 bits per heavy atom. The van der Waals surface area contributed by atoms with Gasteiger partial charge < -0.3 is 15.7 Å². The SMILES string of the molecule is O=C(CC1NC(=O)N(CCc2ccccc2)C1=O)N[C@H](CO)Cc1ccccc1. The molecule has 29 heavy (non-hydrogen) atoms. The Labute approximate surface area is 169 Å². The Hall–Kier alpha value is -3.19. The first-order valence-electron chi connectivity index (χ1n) is 9.66. The second-order valence-corrected chi connectivity index (χ2v) is 7.07. The van der Waals surface area contributed by atoms with Crippen molar-refractivity contribution in [3.63, 3.8) is 0 Å². The van der Waals surface area contributed by atoms with Gasteiger partial charge >= 0.3 is 6.03 Å². The van der Waals surface area contributed by atoms with Crippen molar-refractivity contribution in [2.45, 2.75) is 31.3 Å². The lowest BCUT2D eigenvalue weighted by Crippen LogP contribution is -2.43. The minimum absolute atomic E-state index is 0.155. The number of benzene rings is 2. The number of nitrogens with zero attached hydrogens (tertiary/aromatic N) is 1. The molecule has 7 nitrogen and oxygen atoms in total. The van der Waals surface area contributed by atoms with Crippen molar-refractivity contribution in [1.29, 1.82) is 0 Å². The van der Waals surface area contributed by atoms with E-state index in [1.54, 1.807) is 0 Å². The maximum atomic E-state index is 12.5. The number of imide groups is 1. The molecule has 4 amide bonds. The Morgan fingerprint density at radius 1 is 1.03 bits per heavy atom. The maximum Gasteiger partial charge on any atom is 0.324 e. The average Bonchev–Trinajstić information content (AvgIpc) is 3.00. The third kappa shape index (κ3) is 5.65. The highest BCUT2D eigenvalue weighted by atomic mass is 16.3. The van der Waals surface area contributed by atoms with Gasteiger partial charge in [0.2, 0.25) is 5.91 Å². The van der Waals surface area contributed by atoms with Crippen LogP contribution in [0.25, 0.3) is 0 Å². The van der Waals surface area contributed by atoms with Crippen LogP contribution in [0.5, 0.6) is 0 Å². The lowest BCUT2D eigenvalue weighted by molar-refractivity contribution is -0.131. The van der Waals surface area contributed by atoms with Gasteiger partial charge in [-0.25, -0.2) is 4.79 Å². The topological polar surface area (TPSA) is 98.7 Å². The van der Waals surface area contributed by atoms with Crippen LogP contribution >= 0.6 is 0 Å². The van der Waals surface area contributed by atoms with Crippen molar-refractivity contribution in [2.75, 3.05) is 13.2 Å². The van der Waals surface area contributed by atoms with E-state index in [0.717, 1.165) is 16.0 Å². The molecule has 1 aliphatic rings. The summed E-state index contributed by atoms with van der Waals surface area (Å²) in [7, 11) is 0. The van der Waals surface area contributed by atoms with E-state index in [1.807, 2.05) is 60.7 Å². The fourth-order valence-electron chi connectivity index (χ4n) is 3.34. The van der Waals surface area contributed by atoms with Crippen molar-refractivity contribution in [2.24, 2.45) is 0 Å². The summed E-state index contributed by atoms with van der Waals surface area (Å²) in [6, 6.07) is 17.3. The predicted octanol–water partition coefficient (Wildman–Crippen LogP) is 1.26. The van der Waals surface area contributed by atoms with Gasteiger partial charge in [-0.1, -0.05) is 60.7 Å². The summed E-state index contributed by atoms with van der Waals surface area (Å²) in [5, 5.41) is 14.9. The third-order valence-corrected chi connectivity index (χ3v) is 4.87. The first kappa shape index (κ1) is 20.5. The van der Waals surface area contributed by atoms with Crippen molar-refractivity contribution < 1.29 is 19.5 Å². The molecule has 1 saturated heterocycles. The number of hydrogen-bond donors (Lipinski definition) is 3. The van der Waals surface area contributed by atoms with Gasteiger partial charge in [-0.2, -0.15) is 0 Å². The molecular formula is C22H25N3O4. The number of aliphatic hydroxyl groups is 1. The summed E-state index contributed by atoms with van der Waals surface area (Å²) in [5.74, 6) is -0.784. The molecule has 0 spiro atoms. The molecule has 1 heterocycles. The molecule has 2 atom stereocenters. The normalized spacial score (nSPS) is 17.1. The Bertz CT molecular complexity index is 842. The van der Waals surface area contributed by atoms with Gasteiger partial charge in [0.25, 0.3) is 5.91 Å². The van der Waals surface area contributed by atoms with E-state index >= 15 is 0 Å². The first-order chi connectivity index (χ1) is 14.1. The number of urea groups is 1. The smallest absolute Gasteiger partial charge is 0.324 e. The molecule has 0 radical (unpaired) electrons. The zero-order chi connectivity index (χ0) is 20.6. The number of hydrogen-bond acceptors (Lipinski definition) is 4. The van der Waals surface area contributed by atoms with E-state index in [4.69, 9.17) is 0 Å². The van der Waals surface area contributed by atoms with Crippen LogP contribution in [0, 0.1) is 0 Å². The summed E-state index contributed by atoms with van der Waals surface area (Å²) < 4.78 is 0. The largest absolute Gasteiger partial charge is 0.394 e. The minimum atomic E-state index is -0.880. The molecule has 152 valence electrons. The third-order valence-electron chi connectivity index (χ3n) is 4.87. The molecular weight excluding hydrogens is 370 g/mol. The lowest BCUT2D eigenvalue weighted by atomic mass is 10.1. The summed E-state index contributed by atoms with van der Waals surface area (Å²) >= 11 is 0. The van der Waals surface area contributed by atoms with Gasteiger partial charge in [-0.05, 0) is 24.0 Å². The number of nitrogens with one attached hydrogen (secondary N) is 2. The molecule has 3 N–H and O–H groups in total. The van der Waals surface area contributed by atoms with Crippen LogP contribution in [0.1, 0.15) is 17.5 Å². The number of rotatable bonds is 9. The minimum Gasteiger partial charge on any atom is -0.394 e. The molecule has 0 bridgehead atoms. The second-order valence-electron chi connectivity index (χ2n) is 7.07. The fourth-order valence-corrected chi connectivity index (χ4v) is 3.34. The molecule has 3 rings (SSSR count). The molecule has 2 aromatic carbocycles. The number of carbonyl (C=O) groups excluding carboxylic acids is 3. The van der Waals surface area contributed by atoms with E-state index in [9.17, 15) is 19.5 Å². The van der Waals surface area contributed by atoms with E-state index in [2.05, 4.69) is 10.6 Å². The van der Waals surface area contributed by atoms with Crippen LogP contribution in [0.4, 0.5) is 4.79 Å². The highest BCUT2D eigenvalue weighted by molar-refractivity contribution is 6.05. The lowest BCUT2D eigenvalue weighted by Gasteiger charge is -2.17. The zero-order valence-corrected chi connectivity index (χ0v) is 16.1. The summed E-state index contributed by atoms with van der Waals surface area (Å²) in [6.45, 7) is 0.0505. The number of amides is 4.